The molecule has 7 aromatic carbocycles. The van der Waals surface area contributed by atoms with Crippen LogP contribution in [0.2, 0.25) is 0 Å². The van der Waals surface area contributed by atoms with Crippen LogP contribution in [0.3, 0.4) is 0 Å². The second-order valence-electron chi connectivity index (χ2n) is 11.2. The molecule has 45 heavy (non-hydrogen) atoms. The second kappa shape index (κ2) is 10.5. The summed E-state index contributed by atoms with van der Waals surface area (Å²) in [6.45, 7) is 0. The quantitative estimate of drug-likeness (QED) is 0.191. The van der Waals surface area contributed by atoms with Gasteiger partial charge in [0.05, 0.1) is 0 Å². The maximum atomic E-state index is 5.24. The van der Waals surface area contributed by atoms with Crippen LogP contribution in [0.15, 0.2) is 152 Å². The topological polar surface area (TPSA) is 38.7 Å². The number of nitrogens with zero attached hydrogens (tertiary/aromatic N) is 3. The van der Waals surface area contributed by atoms with Gasteiger partial charge in [0.15, 0.2) is 17.5 Å². The van der Waals surface area contributed by atoms with Crippen LogP contribution in [0.1, 0.15) is 0 Å². The molecule has 9 aromatic rings. The molecule has 9 rings (SSSR count). The van der Waals surface area contributed by atoms with Gasteiger partial charge in [0, 0.05) is 36.9 Å². The number of hydrogen-bond donors (Lipinski definition) is 0. The lowest BCUT2D eigenvalue weighted by Crippen LogP contribution is -2.01. The number of fused-ring (bicyclic) bond motifs is 6. The Morgan fingerprint density at radius 2 is 0.933 bits per heavy atom. The van der Waals surface area contributed by atoms with Crippen LogP contribution in [0.5, 0.6) is 0 Å². The molecule has 0 N–H and O–H groups in total. The molecule has 0 spiro atoms. The average molecular weight is 592 g/mol. The maximum absolute atomic E-state index is 5.24. The van der Waals surface area contributed by atoms with Crippen LogP contribution in [0, 0.1) is 0 Å². The minimum Gasteiger partial charge on any atom is -0.208 e. The van der Waals surface area contributed by atoms with E-state index in [-0.39, 0.29) is 0 Å². The summed E-state index contributed by atoms with van der Waals surface area (Å²) in [5, 5.41) is 7.10. The zero-order chi connectivity index (χ0) is 29.7. The third-order valence-electron chi connectivity index (χ3n) is 8.54. The predicted octanol–water partition coefficient (Wildman–Crippen LogP) is 11.2. The molecule has 0 unspecified atom stereocenters. The summed E-state index contributed by atoms with van der Waals surface area (Å²) in [6.07, 6.45) is 0. The van der Waals surface area contributed by atoms with Crippen molar-refractivity contribution in [2.45, 2.75) is 0 Å². The molecule has 0 radical (unpaired) electrons. The first-order valence-electron chi connectivity index (χ1n) is 15.0. The van der Waals surface area contributed by atoms with Crippen molar-refractivity contribution in [2.24, 2.45) is 0 Å². The molecule has 0 saturated carbocycles. The summed E-state index contributed by atoms with van der Waals surface area (Å²) in [6, 6.07) is 53.3. The van der Waals surface area contributed by atoms with Crippen molar-refractivity contribution in [2.75, 3.05) is 0 Å². The highest BCUT2D eigenvalue weighted by Gasteiger charge is 2.18. The van der Waals surface area contributed by atoms with Gasteiger partial charge in [-0.25, -0.2) is 15.0 Å². The number of rotatable bonds is 4. The Hall–Kier alpha value is -5.71. The Labute approximate surface area is 264 Å². The van der Waals surface area contributed by atoms with Gasteiger partial charge in [0.2, 0.25) is 0 Å². The van der Waals surface area contributed by atoms with E-state index in [1.807, 2.05) is 6.07 Å². The molecule has 0 fully saturated rings. The van der Waals surface area contributed by atoms with Gasteiger partial charge in [-0.3, -0.25) is 0 Å². The van der Waals surface area contributed by atoms with Gasteiger partial charge in [-0.05, 0) is 50.9 Å². The Morgan fingerprint density at radius 3 is 1.76 bits per heavy atom. The molecule has 210 valence electrons. The molecule has 0 amide bonds. The van der Waals surface area contributed by atoms with E-state index in [1.165, 1.54) is 36.5 Å². The molecule has 0 bridgehead atoms. The number of thiophene rings is 1. The van der Waals surface area contributed by atoms with E-state index in [1.54, 1.807) is 11.3 Å². The molecule has 3 nitrogen and oxygen atoms in total. The number of hydrogen-bond acceptors (Lipinski definition) is 4. The Morgan fingerprint density at radius 1 is 0.356 bits per heavy atom. The third-order valence-corrected chi connectivity index (χ3v) is 9.67. The van der Waals surface area contributed by atoms with Gasteiger partial charge < -0.3 is 0 Å². The van der Waals surface area contributed by atoms with Crippen LogP contribution in [0.25, 0.3) is 87.0 Å². The molecule has 0 aliphatic carbocycles. The zero-order valence-corrected chi connectivity index (χ0v) is 25.0. The Balaban J connectivity index is 1.31. The van der Waals surface area contributed by atoms with Crippen molar-refractivity contribution >= 4 is 53.1 Å². The average Bonchev–Trinajstić information content (AvgIpc) is 3.51. The molecule has 2 aromatic heterocycles. The molecule has 4 heteroatoms. The highest BCUT2D eigenvalue weighted by molar-refractivity contribution is 7.25. The van der Waals surface area contributed by atoms with Crippen molar-refractivity contribution in [3.63, 3.8) is 0 Å². The molecular formula is C41H25N3S. The van der Waals surface area contributed by atoms with Crippen molar-refractivity contribution in [1.82, 2.24) is 15.0 Å². The van der Waals surface area contributed by atoms with Gasteiger partial charge in [0.25, 0.3) is 0 Å². The Bertz CT molecular complexity index is 2530. The molecular weight excluding hydrogens is 567 g/mol. The highest BCUT2D eigenvalue weighted by atomic mass is 32.1. The van der Waals surface area contributed by atoms with Crippen molar-refractivity contribution < 1.29 is 0 Å². The summed E-state index contributed by atoms with van der Waals surface area (Å²) in [7, 11) is 0. The van der Waals surface area contributed by atoms with Crippen LogP contribution < -0.4 is 0 Å². The van der Waals surface area contributed by atoms with E-state index in [0.29, 0.717) is 17.5 Å². The Kier molecular flexibility index (Phi) is 6.00. The number of aromatic nitrogens is 3. The van der Waals surface area contributed by atoms with E-state index in [4.69, 9.17) is 15.0 Å². The van der Waals surface area contributed by atoms with Gasteiger partial charge in [-0.1, -0.05) is 133 Å². The van der Waals surface area contributed by atoms with Crippen LogP contribution >= 0.6 is 11.3 Å². The van der Waals surface area contributed by atoms with Gasteiger partial charge in [-0.2, -0.15) is 0 Å². The van der Waals surface area contributed by atoms with Gasteiger partial charge in [0.1, 0.15) is 0 Å². The zero-order valence-electron chi connectivity index (χ0n) is 24.2. The predicted molar refractivity (Wildman–Crippen MR) is 189 cm³/mol. The molecule has 0 atom stereocenters. The van der Waals surface area contributed by atoms with E-state index in [2.05, 4.69) is 146 Å². The van der Waals surface area contributed by atoms with Crippen molar-refractivity contribution in [3.05, 3.63) is 152 Å². The largest absolute Gasteiger partial charge is 0.208 e. The second-order valence-corrected chi connectivity index (χ2v) is 12.3. The lowest BCUT2D eigenvalue weighted by atomic mass is 9.96. The summed E-state index contributed by atoms with van der Waals surface area (Å²) < 4.78 is 2.48. The molecule has 0 aliphatic rings. The first-order valence-corrected chi connectivity index (χ1v) is 15.9. The highest BCUT2D eigenvalue weighted by Crippen LogP contribution is 2.40. The van der Waals surface area contributed by atoms with E-state index in [9.17, 15) is 0 Å². The standard InChI is InChI=1S/C41H25N3S/c1-2-11-26(12-3-1)27-21-23-28(24-22-27)39-42-40(34-18-10-20-37-38(34)33-17-8-9-19-36(33)45-37)44-41(43-39)35-25-29-13-4-5-14-30(29)31-15-6-7-16-32(31)35/h1-25H. The minimum atomic E-state index is 0.656. The normalized spacial score (nSPS) is 11.6. The molecule has 0 aliphatic heterocycles. The fourth-order valence-corrected chi connectivity index (χ4v) is 7.52. The smallest absolute Gasteiger partial charge is 0.164 e. The third kappa shape index (κ3) is 4.38. The lowest BCUT2D eigenvalue weighted by Gasteiger charge is -2.13. The van der Waals surface area contributed by atoms with Crippen LogP contribution in [-0.2, 0) is 0 Å². The van der Waals surface area contributed by atoms with E-state index >= 15 is 0 Å². The molecule has 2 heterocycles. The number of benzene rings is 7. The first kappa shape index (κ1) is 25.8. The summed E-state index contributed by atoms with van der Waals surface area (Å²) in [4.78, 5) is 15.6. The molecule has 0 saturated heterocycles. The fourth-order valence-electron chi connectivity index (χ4n) is 6.39. The van der Waals surface area contributed by atoms with Gasteiger partial charge >= 0.3 is 0 Å². The van der Waals surface area contributed by atoms with E-state index in [0.717, 1.165) is 33.0 Å². The van der Waals surface area contributed by atoms with Gasteiger partial charge in [-0.15, -0.1) is 11.3 Å². The van der Waals surface area contributed by atoms with Crippen molar-refractivity contribution in [1.29, 1.82) is 0 Å². The lowest BCUT2D eigenvalue weighted by molar-refractivity contribution is 1.08. The van der Waals surface area contributed by atoms with E-state index < -0.39 is 0 Å². The van der Waals surface area contributed by atoms with Crippen LogP contribution in [0.4, 0.5) is 0 Å². The maximum Gasteiger partial charge on any atom is 0.164 e. The summed E-state index contributed by atoms with van der Waals surface area (Å²) >= 11 is 1.80. The van der Waals surface area contributed by atoms with Crippen LogP contribution in [-0.4, -0.2) is 15.0 Å². The monoisotopic (exact) mass is 591 g/mol. The fraction of sp³-hybridized carbons (Fsp3) is 0. The van der Waals surface area contributed by atoms with Crippen molar-refractivity contribution in [3.8, 4) is 45.3 Å². The first-order chi connectivity index (χ1) is 22.3. The minimum absolute atomic E-state index is 0.656. The summed E-state index contributed by atoms with van der Waals surface area (Å²) in [5.41, 5.74) is 5.30. The summed E-state index contributed by atoms with van der Waals surface area (Å²) in [5.74, 6) is 2.00. The SMILES string of the molecule is c1ccc(-c2ccc(-c3nc(-c4cc5ccccc5c5ccccc45)nc(-c4cccc5sc6ccccc6c45)n3)cc2)cc1.